The Balaban J connectivity index is 1.25. The smallest absolute Gasteiger partial charge is 0.251 e. The Morgan fingerprint density at radius 3 is 2.56 bits per heavy atom. The lowest BCUT2D eigenvalue weighted by molar-refractivity contribution is 0.0951. The quantitative estimate of drug-likeness (QED) is 0.372. The number of fused-ring (bicyclic) bond motifs is 1. The molecule has 0 aliphatic carbocycles. The van der Waals surface area contributed by atoms with Crippen LogP contribution in [0.2, 0.25) is 5.15 Å². The number of aryl methyl sites for hydroxylation is 1. The largest absolute Gasteiger partial charge is 0.348 e. The van der Waals surface area contributed by atoms with Crippen LogP contribution in [0.15, 0.2) is 60.7 Å². The average Bonchev–Trinajstić information content (AvgIpc) is 3.37. The summed E-state index contributed by atoms with van der Waals surface area (Å²) in [6.07, 6.45) is 2.35. The van der Waals surface area contributed by atoms with Gasteiger partial charge in [-0.05, 0) is 61.7 Å². The number of amides is 1. The SMILES string of the molecule is Cc1cc(Nc2ccc(C(=O)NCc3cc(Cl)nc4ccccc34)cc2)nc(N2CCCC2)n1. The molecule has 0 bridgehead atoms. The molecular formula is C26H25ClN6O. The van der Waals surface area contributed by atoms with Gasteiger partial charge in [0.1, 0.15) is 11.0 Å². The summed E-state index contributed by atoms with van der Waals surface area (Å²) in [5.41, 5.74) is 4.08. The van der Waals surface area contributed by atoms with Crippen molar-refractivity contribution in [1.29, 1.82) is 0 Å². The molecule has 1 aliphatic heterocycles. The van der Waals surface area contributed by atoms with E-state index >= 15 is 0 Å². The van der Waals surface area contributed by atoms with Gasteiger partial charge in [0.2, 0.25) is 5.95 Å². The molecule has 1 fully saturated rings. The van der Waals surface area contributed by atoms with E-state index in [-0.39, 0.29) is 5.91 Å². The first-order valence-electron chi connectivity index (χ1n) is 11.4. The zero-order chi connectivity index (χ0) is 23.5. The summed E-state index contributed by atoms with van der Waals surface area (Å²) in [4.78, 5) is 28.5. The number of anilines is 3. The van der Waals surface area contributed by atoms with E-state index in [4.69, 9.17) is 11.6 Å². The minimum absolute atomic E-state index is 0.155. The van der Waals surface area contributed by atoms with Gasteiger partial charge in [-0.15, -0.1) is 0 Å². The van der Waals surface area contributed by atoms with Crippen LogP contribution in [-0.4, -0.2) is 33.9 Å². The number of aromatic nitrogens is 3. The van der Waals surface area contributed by atoms with Crippen molar-refractivity contribution in [2.24, 2.45) is 0 Å². The highest BCUT2D eigenvalue weighted by molar-refractivity contribution is 6.29. The highest BCUT2D eigenvalue weighted by Gasteiger charge is 2.16. The molecule has 0 spiro atoms. The average molecular weight is 473 g/mol. The third-order valence-electron chi connectivity index (χ3n) is 5.86. The van der Waals surface area contributed by atoms with Crippen LogP contribution in [0, 0.1) is 6.92 Å². The summed E-state index contributed by atoms with van der Waals surface area (Å²) in [5.74, 6) is 1.35. The van der Waals surface area contributed by atoms with Crippen molar-refractivity contribution in [3.8, 4) is 0 Å². The van der Waals surface area contributed by atoms with Crippen molar-refractivity contribution in [3.63, 3.8) is 0 Å². The third kappa shape index (κ3) is 4.94. The molecule has 2 N–H and O–H groups in total. The van der Waals surface area contributed by atoms with Crippen LogP contribution in [0.25, 0.3) is 10.9 Å². The molecule has 0 saturated carbocycles. The van der Waals surface area contributed by atoms with E-state index in [9.17, 15) is 4.79 Å². The molecule has 4 aromatic rings. The van der Waals surface area contributed by atoms with Gasteiger partial charge in [-0.2, -0.15) is 4.98 Å². The van der Waals surface area contributed by atoms with Gasteiger partial charge in [0, 0.05) is 48.0 Å². The second-order valence-electron chi connectivity index (χ2n) is 8.40. The summed E-state index contributed by atoms with van der Waals surface area (Å²) in [6, 6.07) is 18.8. The zero-order valence-electron chi connectivity index (χ0n) is 18.9. The first-order chi connectivity index (χ1) is 16.5. The highest BCUT2D eigenvalue weighted by atomic mass is 35.5. The number of rotatable bonds is 6. The number of para-hydroxylation sites is 1. The number of benzene rings is 2. The first kappa shape index (κ1) is 22.1. The van der Waals surface area contributed by atoms with Gasteiger partial charge >= 0.3 is 0 Å². The van der Waals surface area contributed by atoms with Crippen LogP contribution in [0.1, 0.15) is 34.5 Å². The Morgan fingerprint density at radius 1 is 1.00 bits per heavy atom. The summed E-state index contributed by atoms with van der Waals surface area (Å²) in [6.45, 7) is 4.32. The molecule has 2 aromatic carbocycles. The van der Waals surface area contributed by atoms with Gasteiger partial charge < -0.3 is 15.5 Å². The van der Waals surface area contributed by atoms with Gasteiger partial charge in [0.15, 0.2) is 0 Å². The standard InChI is InChI=1S/C26H25ClN6O/c1-17-14-24(32-26(29-17)33-12-4-5-13-33)30-20-10-8-18(9-11-20)25(34)28-16-19-15-23(27)31-22-7-3-2-6-21(19)22/h2-3,6-11,14-15H,4-5,12-13,16H2,1H3,(H,28,34)(H,29,30,32). The Labute approximate surface area is 203 Å². The van der Waals surface area contributed by atoms with E-state index in [1.54, 1.807) is 18.2 Å². The van der Waals surface area contributed by atoms with Crippen molar-refractivity contribution in [3.05, 3.63) is 82.6 Å². The molecule has 1 saturated heterocycles. The molecule has 7 nitrogen and oxygen atoms in total. The monoisotopic (exact) mass is 472 g/mol. The van der Waals surface area contributed by atoms with Crippen molar-refractivity contribution >= 4 is 45.9 Å². The van der Waals surface area contributed by atoms with E-state index in [2.05, 4.69) is 30.5 Å². The Morgan fingerprint density at radius 2 is 1.76 bits per heavy atom. The molecule has 1 aliphatic rings. The van der Waals surface area contributed by atoms with Crippen LogP contribution in [0.3, 0.4) is 0 Å². The molecule has 1 amide bonds. The summed E-state index contributed by atoms with van der Waals surface area (Å²) < 4.78 is 0. The van der Waals surface area contributed by atoms with E-state index in [1.807, 2.05) is 49.4 Å². The fourth-order valence-corrected chi connectivity index (χ4v) is 4.39. The fourth-order valence-electron chi connectivity index (χ4n) is 4.16. The molecule has 2 aromatic heterocycles. The predicted molar refractivity (Wildman–Crippen MR) is 136 cm³/mol. The fraction of sp³-hybridized carbons (Fsp3) is 0.231. The number of halogens is 1. The van der Waals surface area contributed by atoms with Crippen LogP contribution in [0.5, 0.6) is 0 Å². The number of nitrogens with zero attached hydrogens (tertiary/aromatic N) is 4. The lowest BCUT2D eigenvalue weighted by Gasteiger charge is -2.17. The topological polar surface area (TPSA) is 83.0 Å². The number of hydrogen-bond acceptors (Lipinski definition) is 6. The number of nitrogens with one attached hydrogen (secondary N) is 2. The maximum Gasteiger partial charge on any atom is 0.251 e. The van der Waals surface area contributed by atoms with Gasteiger partial charge in [0.05, 0.1) is 5.52 Å². The summed E-state index contributed by atoms with van der Waals surface area (Å²) >= 11 is 6.15. The Bertz CT molecular complexity index is 1340. The molecule has 0 radical (unpaired) electrons. The minimum Gasteiger partial charge on any atom is -0.348 e. The number of carbonyl (C=O) groups is 1. The molecule has 3 heterocycles. The Hall–Kier alpha value is -3.71. The number of carbonyl (C=O) groups excluding carboxylic acids is 1. The van der Waals surface area contributed by atoms with E-state index in [1.165, 1.54) is 12.8 Å². The summed E-state index contributed by atoms with van der Waals surface area (Å²) in [7, 11) is 0. The second-order valence-corrected chi connectivity index (χ2v) is 8.78. The van der Waals surface area contributed by atoms with Gasteiger partial charge in [-0.3, -0.25) is 4.79 Å². The molecule has 0 unspecified atom stereocenters. The maximum absolute atomic E-state index is 12.7. The lowest BCUT2D eigenvalue weighted by atomic mass is 10.1. The van der Waals surface area contributed by atoms with Gasteiger partial charge in [-0.25, -0.2) is 9.97 Å². The van der Waals surface area contributed by atoms with E-state index in [0.29, 0.717) is 17.3 Å². The molecule has 34 heavy (non-hydrogen) atoms. The predicted octanol–water partition coefficient (Wildman–Crippen LogP) is 5.26. The minimum atomic E-state index is -0.155. The van der Waals surface area contributed by atoms with Gasteiger partial charge in [0.25, 0.3) is 5.91 Å². The molecule has 8 heteroatoms. The molecular weight excluding hydrogens is 448 g/mol. The third-order valence-corrected chi connectivity index (χ3v) is 6.05. The van der Waals surface area contributed by atoms with Crippen molar-refractivity contribution in [2.45, 2.75) is 26.3 Å². The molecule has 0 atom stereocenters. The summed E-state index contributed by atoms with van der Waals surface area (Å²) in [5, 5.41) is 7.69. The number of pyridine rings is 1. The molecule has 172 valence electrons. The Kier molecular flexibility index (Phi) is 6.27. The zero-order valence-corrected chi connectivity index (χ0v) is 19.6. The second kappa shape index (κ2) is 9.65. The first-order valence-corrected chi connectivity index (χ1v) is 11.7. The van der Waals surface area contributed by atoms with Crippen LogP contribution in [-0.2, 0) is 6.54 Å². The number of hydrogen-bond donors (Lipinski definition) is 2. The van der Waals surface area contributed by atoms with Crippen LogP contribution in [0.4, 0.5) is 17.5 Å². The van der Waals surface area contributed by atoms with Crippen molar-refractivity contribution in [1.82, 2.24) is 20.3 Å². The van der Waals surface area contributed by atoms with E-state index in [0.717, 1.165) is 52.7 Å². The normalized spacial score (nSPS) is 13.3. The van der Waals surface area contributed by atoms with E-state index < -0.39 is 0 Å². The van der Waals surface area contributed by atoms with Crippen molar-refractivity contribution in [2.75, 3.05) is 23.3 Å². The van der Waals surface area contributed by atoms with Crippen LogP contribution < -0.4 is 15.5 Å². The van der Waals surface area contributed by atoms with Gasteiger partial charge in [-0.1, -0.05) is 29.8 Å². The van der Waals surface area contributed by atoms with Crippen molar-refractivity contribution < 1.29 is 4.79 Å². The highest BCUT2D eigenvalue weighted by Crippen LogP contribution is 2.23. The maximum atomic E-state index is 12.7. The van der Waals surface area contributed by atoms with Crippen LogP contribution >= 0.6 is 11.6 Å². The molecule has 5 rings (SSSR count). The lowest BCUT2D eigenvalue weighted by Crippen LogP contribution is -2.23.